The van der Waals surface area contributed by atoms with Gasteiger partial charge in [-0.25, -0.2) is 0 Å². The topological polar surface area (TPSA) is 74.0 Å². The van der Waals surface area contributed by atoms with Crippen LogP contribution in [0.1, 0.15) is 26.3 Å². The second-order valence-electron chi connectivity index (χ2n) is 7.44. The summed E-state index contributed by atoms with van der Waals surface area (Å²) in [6.07, 6.45) is -4.35. The molecule has 1 aliphatic heterocycles. The van der Waals surface area contributed by atoms with Crippen LogP contribution < -0.4 is 16.0 Å². The van der Waals surface area contributed by atoms with Gasteiger partial charge >= 0.3 is 6.18 Å². The molecule has 1 aromatic carbocycles. The van der Waals surface area contributed by atoms with Crippen molar-refractivity contribution < 1.29 is 18.0 Å². The van der Waals surface area contributed by atoms with Gasteiger partial charge in [-0.3, -0.25) is 9.79 Å². The van der Waals surface area contributed by atoms with Crippen molar-refractivity contribution >= 4 is 17.6 Å². The van der Waals surface area contributed by atoms with Crippen molar-refractivity contribution in [3.63, 3.8) is 0 Å². The lowest BCUT2D eigenvalue weighted by Gasteiger charge is -2.38. The number of alkyl halides is 3. The molecular weight excluding hydrogens is 371 g/mol. The number of halogens is 3. The van der Waals surface area contributed by atoms with E-state index in [4.69, 9.17) is 5.73 Å². The molecule has 0 spiro atoms. The number of primary amides is 1. The highest BCUT2D eigenvalue weighted by Crippen LogP contribution is 2.31. The third kappa shape index (κ3) is 5.53. The maximum Gasteiger partial charge on any atom is 0.416 e. The van der Waals surface area contributed by atoms with E-state index in [1.54, 1.807) is 19.9 Å². The molecule has 1 amide bonds. The number of piperazine rings is 1. The molecule has 0 aliphatic carbocycles. The first-order valence-corrected chi connectivity index (χ1v) is 9.30. The Morgan fingerprint density at radius 3 is 2.39 bits per heavy atom. The lowest BCUT2D eigenvalue weighted by atomic mass is 9.93. The van der Waals surface area contributed by atoms with Crippen LogP contribution in [-0.2, 0) is 11.0 Å². The molecule has 1 saturated heterocycles. The zero-order chi connectivity index (χ0) is 20.9. The van der Waals surface area contributed by atoms with E-state index in [1.807, 2.05) is 16.7 Å². The first kappa shape index (κ1) is 21.8. The van der Waals surface area contributed by atoms with Crippen LogP contribution in [0.4, 0.5) is 18.9 Å². The second-order valence-corrected chi connectivity index (χ2v) is 7.44. The van der Waals surface area contributed by atoms with Crippen molar-refractivity contribution in [2.45, 2.75) is 26.9 Å². The fraction of sp³-hybridized carbons (Fsp3) is 0.579. The largest absolute Gasteiger partial charge is 0.416 e. The highest BCUT2D eigenvalue weighted by molar-refractivity contribution is 5.83. The van der Waals surface area contributed by atoms with E-state index in [-0.39, 0.29) is 6.54 Å². The number of hydrogen-bond acceptors (Lipinski definition) is 3. The van der Waals surface area contributed by atoms with Crippen molar-refractivity contribution in [2.24, 2.45) is 16.1 Å². The van der Waals surface area contributed by atoms with Crippen molar-refractivity contribution in [2.75, 3.05) is 44.2 Å². The zero-order valence-corrected chi connectivity index (χ0v) is 16.5. The van der Waals surface area contributed by atoms with E-state index in [9.17, 15) is 18.0 Å². The predicted octanol–water partition coefficient (Wildman–Crippen LogP) is 2.30. The first-order chi connectivity index (χ1) is 13.0. The Morgan fingerprint density at radius 2 is 1.86 bits per heavy atom. The summed E-state index contributed by atoms with van der Waals surface area (Å²) in [5.41, 5.74) is 4.57. The van der Waals surface area contributed by atoms with Gasteiger partial charge in [0.15, 0.2) is 5.96 Å². The predicted molar refractivity (Wildman–Crippen MR) is 104 cm³/mol. The Labute approximate surface area is 163 Å². The minimum Gasteiger partial charge on any atom is -0.369 e. The molecule has 28 heavy (non-hydrogen) atoms. The lowest BCUT2D eigenvalue weighted by molar-refractivity contribution is -0.137. The van der Waals surface area contributed by atoms with E-state index in [0.29, 0.717) is 44.4 Å². The minimum atomic E-state index is -4.35. The molecule has 0 atom stereocenters. The number of nitrogens with one attached hydrogen (secondary N) is 1. The van der Waals surface area contributed by atoms with Crippen LogP contribution in [0.2, 0.25) is 0 Å². The van der Waals surface area contributed by atoms with Crippen LogP contribution in [0, 0.1) is 5.41 Å². The van der Waals surface area contributed by atoms with Gasteiger partial charge in [0.1, 0.15) is 0 Å². The van der Waals surface area contributed by atoms with Gasteiger partial charge in [-0.1, -0.05) is 6.07 Å². The molecule has 1 aliphatic rings. The van der Waals surface area contributed by atoms with Gasteiger partial charge in [-0.2, -0.15) is 13.2 Å². The molecule has 1 heterocycles. The standard InChI is InChI=1S/C19H28F3N5O/c1-4-24-17(25-13-18(2,3)16(23)28)27-10-8-26(9-11-27)15-7-5-6-14(12-15)19(20,21)22/h5-7,12H,4,8-11,13H2,1-3H3,(H2,23,28)(H,24,25). The second kappa shape index (κ2) is 8.70. The number of carbonyl (C=O) groups is 1. The average Bonchev–Trinajstić information content (AvgIpc) is 2.64. The summed E-state index contributed by atoms with van der Waals surface area (Å²) in [4.78, 5) is 20.0. The molecule has 0 unspecified atom stereocenters. The summed E-state index contributed by atoms with van der Waals surface area (Å²) < 4.78 is 38.8. The molecule has 0 aromatic heterocycles. The maximum atomic E-state index is 12.9. The first-order valence-electron chi connectivity index (χ1n) is 9.30. The van der Waals surface area contributed by atoms with Gasteiger partial charge < -0.3 is 20.9 Å². The van der Waals surface area contributed by atoms with Crippen LogP contribution in [0.15, 0.2) is 29.3 Å². The number of carbonyl (C=O) groups excluding carboxylic acids is 1. The number of nitrogens with zero attached hydrogens (tertiary/aromatic N) is 3. The summed E-state index contributed by atoms with van der Waals surface area (Å²) in [6, 6.07) is 5.39. The number of hydrogen-bond donors (Lipinski definition) is 2. The third-order valence-electron chi connectivity index (χ3n) is 4.74. The van der Waals surface area contributed by atoms with Crippen LogP contribution in [0.3, 0.4) is 0 Å². The fourth-order valence-electron chi connectivity index (χ4n) is 2.83. The van der Waals surface area contributed by atoms with Crippen molar-refractivity contribution in [1.82, 2.24) is 10.2 Å². The molecule has 1 aromatic rings. The minimum absolute atomic E-state index is 0.262. The number of benzene rings is 1. The number of guanidine groups is 1. The van der Waals surface area contributed by atoms with Gasteiger partial charge in [0.05, 0.1) is 17.5 Å². The molecule has 1 fully saturated rings. The molecule has 9 heteroatoms. The number of aliphatic imine (C=N–C) groups is 1. The SMILES string of the molecule is CCNC(=NCC(C)(C)C(N)=O)N1CCN(c2cccc(C(F)(F)F)c2)CC1. The monoisotopic (exact) mass is 399 g/mol. The normalized spacial score (nSPS) is 16.3. The number of anilines is 1. The van der Waals surface area contributed by atoms with E-state index in [1.165, 1.54) is 12.1 Å². The van der Waals surface area contributed by atoms with E-state index in [2.05, 4.69) is 10.3 Å². The Hall–Kier alpha value is -2.45. The highest BCUT2D eigenvalue weighted by Gasteiger charge is 2.31. The Bertz CT molecular complexity index is 710. The molecule has 0 saturated carbocycles. The summed E-state index contributed by atoms with van der Waals surface area (Å²) >= 11 is 0. The van der Waals surface area contributed by atoms with Crippen LogP contribution in [0.25, 0.3) is 0 Å². The van der Waals surface area contributed by atoms with Crippen molar-refractivity contribution in [3.05, 3.63) is 29.8 Å². The number of amides is 1. The highest BCUT2D eigenvalue weighted by atomic mass is 19.4. The quantitative estimate of drug-likeness (QED) is 0.589. The average molecular weight is 399 g/mol. The van der Waals surface area contributed by atoms with Gasteiger partial charge in [0.25, 0.3) is 0 Å². The molecule has 0 bridgehead atoms. The molecule has 156 valence electrons. The van der Waals surface area contributed by atoms with Crippen molar-refractivity contribution in [3.8, 4) is 0 Å². The van der Waals surface area contributed by atoms with E-state index >= 15 is 0 Å². The number of rotatable bonds is 5. The van der Waals surface area contributed by atoms with Crippen LogP contribution in [-0.4, -0.2) is 56.0 Å². The van der Waals surface area contributed by atoms with Crippen molar-refractivity contribution in [1.29, 1.82) is 0 Å². The summed E-state index contributed by atoms with van der Waals surface area (Å²) in [7, 11) is 0. The van der Waals surface area contributed by atoms with E-state index < -0.39 is 23.1 Å². The molecule has 0 radical (unpaired) electrons. The maximum absolute atomic E-state index is 12.9. The zero-order valence-electron chi connectivity index (χ0n) is 16.5. The van der Waals surface area contributed by atoms with Crippen LogP contribution >= 0.6 is 0 Å². The van der Waals surface area contributed by atoms with Gasteiger partial charge in [-0.15, -0.1) is 0 Å². The molecular formula is C19H28F3N5O. The Balaban J connectivity index is 2.05. The smallest absolute Gasteiger partial charge is 0.369 e. The Kier molecular flexibility index (Phi) is 6.79. The summed E-state index contributed by atoms with van der Waals surface area (Å²) in [5.74, 6) is 0.266. The van der Waals surface area contributed by atoms with Gasteiger partial charge in [0.2, 0.25) is 5.91 Å². The van der Waals surface area contributed by atoms with Gasteiger partial charge in [0, 0.05) is 38.4 Å². The molecule has 3 N–H and O–H groups in total. The summed E-state index contributed by atoms with van der Waals surface area (Å²) in [5, 5.41) is 3.20. The molecule has 6 nitrogen and oxygen atoms in total. The lowest BCUT2D eigenvalue weighted by Crippen LogP contribution is -2.53. The summed E-state index contributed by atoms with van der Waals surface area (Å²) in [6.45, 7) is 8.74. The van der Waals surface area contributed by atoms with Crippen LogP contribution in [0.5, 0.6) is 0 Å². The molecule has 2 rings (SSSR count). The van der Waals surface area contributed by atoms with E-state index in [0.717, 1.165) is 6.07 Å². The third-order valence-corrected chi connectivity index (χ3v) is 4.74. The number of nitrogens with two attached hydrogens (primary N) is 1. The Morgan fingerprint density at radius 1 is 1.21 bits per heavy atom. The fourth-order valence-corrected chi connectivity index (χ4v) is 2.83. The van der Waals surface area contributed by atoms with Gasteiger partial charge in [-0.05, 0) is 39.0 Å².